The number of aryl methyl sites for hydroxylation is 3. The van der Waals surface area contributed by atoms with E-state index in [1.807, 2.05) is 31.2 Å². The average Bonchev–Trinajstić information content (AvgIpc) is 2.45. The van der Waals surface area contributed by atoms with Gasteiger partial charge >= 0.3 is 5.97 Å². The Balaban J connectivity index is 2.20. The topological polar surface area (TPSA) is 54.4 Å². The van der Waals surface area contributed by atoms with Crippen molar-refractivity contribution in [3.05, 3.63) is 64.2 Å². The second-order valence-corrected chi connectivity index (χ2v) is 6.28. The molecule has 0 aliphatic rings. The van der Waals surface area contributed by atoms with Crippen LogP contribution in [-0.2, 0) is 0 Å². The molecule has 0 saturated carbocycles. The van der Waals surface area contributed by atoms with E-state index < -0.39 is 5.97 Å². The molecule has 0 aromatic heterocycles. The van der Waals surface area contributed by atoms with E-state index in [2.05, 4.69) is 0 Å². The minimum Gasteiger partial charge on any atom is -0.478 e. The molecule has 4 heteroatoms. The van der Waals surface area contributed by atoms with E-state index in [4.69, 9.17) is 5.11 Å². The smallest absolute Gasteiger partial charge is 0.335 e. The molecule has 0 unspecified atom stereocenters. The Morgan fingerprint density at radius 3 is 2.14 bits per heavy atom. The first-order valence-electron chi connectivity index (χ1n) is 6.96. The van der Waals surface area contributed by atoms with Gasteiger partial charge in [0.05, 0.1) is 11.3 Å². The molecule has 0 aliphatic carbocycles. The molecule has 0 fully saturated rings. The third-order valence-corrected chi connectivity index (χ3v) is 4.69. The van der Waals surface area contributed by atoms with E-state index in [-0.39, 0.29) is 11.3 Å². The molecular formula is C18H18O3S. The zero-order chi connectivity index (χ0) is 16.3. The lowest BCUT2D eigenvalue weighted by atomic mass is 9.97. The van der Waals surface area contributed by atoms with E-state index in [1.165, 1.54) is 11.8 Å². The van der Waals surface area contributed by atoms with Gasteiger partial charge in [-0.15, -0.1) is 11.8 Å². The molecule has 2 rings (SSSR count). The highest BCUT2D eigenvalue weighted by Gasteiger charge is 2.16. The van der Waals surface area contributed by atoms with Crippen LogP contribution in [0.1, 0.15) is 37.4 Å². The highest BCUT2D eigenvalue weighted by atomic mass is 32.2. The van der Waals surface area contributed by atoms with Gasteiger partial charge in [0.15, 0.2) is 5.78 Å². The van der Waals surface area contributed by atoms with Gasteiger partial charge in [-0.3, -0.25) is 4.79 Å². The van der Waals surface area contributed by atoms with Crippen LogP contribution in [0, 0.1) is 20.8 Å². The van der Waals surface area contributed by atoms with E-state index in [0.29, 0.717) is 22.4 Å². The van der Waals surface area contributed by atoms with E-state index in [0.717, 1.165) is 10.5 Å². The molecule has 0 spiro atoms. The van der Waals surface area contributed by atoms with Crippen LogP contribution in [-0.4, -0.2) is 22.6 Å². The summed E-state index contributed by atoms with van der Waals surface area (Å²) in [5.41, 5.74) is 3.43. The second kappa shape index (κ2) is 6.79. The SMILES string of the molecule is Cc1ccccc1SCC(=O)c1c(C)cc(C(=O)O)cc1C. The number of Topliss-reactive ketones (excluding diaryl/α,β-unsaturated/α-hetero) is 1. The molecule has 0 bridgehead atoms. The second-order valence-electron chi connectivity index (χ2n) is 5.27. The minimum absolute atomic E-state index is 0.0280. The van der Waals surface area contributed by atoms with Crippen LogP contribution in [0.25, 0.3) is 0 Å². The standard InChI is InChI=1S/C18H18O3S/c1-11-6-4-5-7-16(11)22-10-15(19)17-12(2)8-14(18(20)21)9-13(17)3/h4-9H,10H2,1-3H3,(H,20,21). The average molecular weight is 314 g/mol. The largest absolute Gasteiger partial charge is 0.478 e. The number of carbonyl (C=O) groups is 2. The number of benzene rings is 2. The normalized spacial score (nSPS) is 10.5. The fourth-order valence-corrected chi connectivity index (χ4v) is 3.36. The predicted octanol–water partition coefficient (Wildman–Crippen LogP) is 4.29. The summed E-state index contributed by atoms with van der Waals surface area (Å²) in [4.78, 5) is 24.6. The number of ketones is 1. The molecule has 0 atom stereocenters. The van der Waals surface area contributed by atoms with Gasteiger partial charge in [-0.05, 0) is 55.7 Å². The first-order valence-corrected chi connectivity index (χ1v) is 7.95. The maximum atomic E-state index is 12.5. The van der Waals surface area contributed by atoms with E-state index in [9.17, 15) is 9.59 Å². The molecule has 114 valence electrons. The van der Waals surface area contributed by atoms with Gasteiger partial charge in [0.1, 0.15) is 0 Å². The summed E-state index contributed by atoms with van der Waals surface area (Å²) in [5, 5.41) is 9.06. The maximum Gasteiger partial charge on any atom is 0.335 e. The molecule has 1 N–H and O–H groups in total. The molecule has 0 aliphatic heterocycles. The van der Waals surface area contributed by atoms with Crippen molar-refractivity contribution in [1.82, 2.24) is 0 Å². The van der Waals surface area contributed by atoms with Crippen LogP contribution >= 0.6 is 11.8 Å². The summed E-state index contributed by atoms with van der Waals surface area (Å²) in [5.74, 6) is -0.599. The zero-order valence-corrected chi connectivity index (χ0v) is 13.7. The number of aromatic carboxylic acids is 1. The van der Waals surface area contributed by atoms with Crippen LogP contribution in [0.5, 0.6) is 0 Å². The van der Waals surface area contributed by atoms with Crippen molar-refractivity contribution in [2.45, 2.75) is 25.7 Å². The number of rotatable bonds is 5. The van der Waals surface area contributed by atoms with Gasteiger partial charge in [-0.1, -0.05) is 18.2 Å². The predicted molar refractivity (Wildman–Crippen MR) is 89.1 cm³/mol. The highest BCUT2D eigenvalue weighted by molar-refractivity contribution is 8.00. The number of carboxylic acid groups (broad SMARTS) is 1. The Labute approximate surface area is 134 Å². The van der Waals surface area contributed by atoms with Crippen LogP contribution in [0.15, 0.2) is 41.3 Å². The Morgan fingerprint density at radius 2 is 1.59 bits per heavy atom. The first kappa shape index (κ1) is 16.3. The van der Waals surface area contributed by atoms with Crippen molar-refractivity contribution in [3.8, 4) is 0 Å². The molecule has 22 heavy (non-hydrogen) atoms. The Hall–Kier alpha value is -2.07. The maximum absolute atomic E-state index is 12.5. The van der Waals surface area contributed by atoms with Crippen molar-refractivity contribution in [3.63, 3.8) is 0 Å². The molecule has 0 saturated heterocycles. The molecule has 0 heterocycles. The third-order valence-electron chi connectivity index (χ3n) is 3.51. The summed E-state index contributed by atoms with van der Waals surface area (Å²) in [6.45, 7) is 5.58. The van der Waals surface area contributed by atoms with Gasteiger partial charge in [-0.2, -0.15) is 0 Å². The number of carboxylic acids is 1. The van der Waals surface area contributed by atoms with Gasteiger partial charge in [0, 0.05) is 10.5 Å². The molecule has 3 nitrogen and oxygen atoms in total. The van der Waals surface area contributed by atoms with E-state index in [1.54, 1.807) is 26.0 Å². The Morgan fingerprint density at radius 1 is 1.00 bits per heavy atom. The number of carbonyl (C=O) groups excluding carboxylic acids is 1. The lowest BCUT2D eigenvalue weighted by Gasteiger charge is -2.11. The van der Waals surface area contributed by atoms with Crippen molar-refractivity contribution in [2.75, 3.05) is 5.75 Å². The van der Waals surface area contributed by atoms with Gasteiger partial charge < -0.3 is 5.11 Å². The Kier molecular flexibility index (Phi) is 5.03. The number of hydrogen-bond donors (Lipinski definition) is 1. The Bertz CT molecular complexity index is 712. The lowest BCUT2D eigenvalue weighted by molar-refractivity contribution is 0.0696. The quantitative estimate of drug-likeness (QED) is 0.661. The number of hydrogen-bond acceptors (Lipinski definition) is 3. The summed E-state index contributed by atoms with van der Waals surface area (Å²) in [7, 11) is 0. The third kappa shape index (κ3) is 3.57. The summed E-state index contributed by atoms with van der Waals surface area (Å²) >= 11 is 1.51. The van der Waals surface area contributed by atoms with Crippen molar-refractivity contribution in [1.29, 1.82) is 0 Å². The molecule has 2 aromatic rings. The van der Waals surface area contributed by atoms with Crippen LogP contribution in [0.3, 0.4) is 0 Å². The van der Waals surface area contributed by atoms with Gasteiger partial charge in [-0.25, -0.2) is 4.79 Å². The van der Waals surface area contributed by atoms with Crippen molar-refractivity contribution >= 4 is 23.5 Å². The summed E-state index contributed by atoms with van der Waals surface area (Å²) < 4.78 is 0. The fraction of sp³-hybridized carbons (Fsp3) is 0.222. The van der Waals surface area contributed by atoms with Crippen LogP contribution in [0.4, 0.5) is 0 Å². The number of thioether (sulfide) groups is 1. The van der Waals surface area contributed by atoms with E-state index >= 15 is 0 Å². The molecule has 2 aromatic carbocycles. The molecule has 0 radical (unpaired) electrons. The highest BCUT2D eigenvalue weighted by Crippen LogP contribution is 2.25. The van der Waals surface area contributed by atoms with Gasteiger partial charge in [0.25, 0.3) is 0 Å². The van der Waals surface area contributed by atoms with Crippen molar-refractivity contribution in [2.24, 2.45) is 0 Å². The van der Waals surface area contributed by atoms with Crippen molar-refractivity contribution < 1.29 is 14.7 Å². The summed E-state index contributed by atoms with van der Waals surface area (Å²) in [6, 6.07) is 11.1. The zero-order valence-electron chi connectivity index (χ0n) is 12.8. The molecule has 0 amide bonds. The minimum atomic E-state index is -0.973. The van der Waals surface area contributed by atoms with Gasteiger partial charge in [0.2, 0.25) is 0 Å². The molecular weight excluding hydrogens is 296 g/mol. The lowest BCUT2D eigenvalue weighted by Crippen LogP contribution is -2.09. The fourth-order valence-electron chi connectivity index (χ4n) is 2.46. The summed E-state index contributed by atoms with van der Waals surface area (Å²) in [6.07, 6.45) is 0. The first-order chi connectivity index (χ1) is 10.4. The van der Waals surface area contributed by atoms with Crippen LogP contribution < -0.4 is 0 Å². The monoisotopic (exact) mass is 314 g/mol. The van der Waals surface area contributed by atoms with Crippen LogP contribution in [0.2, 0.25) is 0 Å².